The fourth-order valence-corrected chi connectivity index (χ4v) is 1.81. The van der Waals surface area contributed by atoms with Gasteiger partial charge in [0.15, 0.2) is 5.69 Å². The van der Waals surface area contributed by atoms with Gasteiger partial charge < -0.3 is 10.0 Å². The van der Waals surface area contributed by atoms with Crippen LogP contribution < -0.4 is 0 Å². The molecule has 0 radical (unpaired) electrons. The summed E-state index contributed by atoms with van der Waals surface area (Å²) >= 11 is 5.80. The lowest BCUT2D eigenvalue weighted by Gasteiger charge is -2.17. The number of rotatable bonds is 5. The highest BCUT2D eigenvalue weighted by molar-refractivity contribution is 6.30. The molecule has 2 rings (SSSR count). The highest BCUT2D eigenvalue weighted by Crippen LogP contribution is 2.11. The molecule has 1 aromatic heterocycles. The molecule has 8 heteroatoms. The molecule has 0 bridgehead atoms. The number of carbonyl (C=O) groups is 2. The number of carbonyl (C=O) groups excluding carboxylic acids is 1. The molecule has 0 fully saturated rings. The van der Waals surface area contributed by atoms with Crippen molar-refractivity contribution >= 4 is 23.5 Å². The van der Waals surface area contributed by atoms with Crippen LogP contribution in [0, 0.1) is 0 Å². The third-order valence-corrected chi connectivity index (χ3v) is 3.07. The second kappa shape index (κ2) is 6.36. The predicted molar refractivity (Wildman–Crippen MR) is 74.9 cm³/mol. The Morgan fingerprint density at radius 2 is 2.00 bits per heavy atom. The van der Waals surface area contributed by atoms with Gasteiger partial charge in [0.05, 0.1) is 6.20 Å². The average molecular weight is 309 g/mol. The van der Waals surface area contributed by atoms with Gasteiger partial charge in [-0.3, -0.25) is 4.79 Å². The summed E-state index contributed by atoms with van der Waals surface area (Å²) in [6.45, 7) is 0.362. The van der Waals surface area contributed by atoms with Gasteiger partial charge in [0.1, 0.15) is 6.54 Å². The standard InChI is InChI=1S/C13H13ClN4O3/c1-17(6-9-2-4-10(14)5-3-9)12(19)8-18-7-11(13(20)21)15-16-18/h2-5,7H,6,8H2,1H3,(H,20,21). The summed E-state index contributed by atoms with van der Waals surface area (Å²) < 4.78 is 1.20. The van der Waals surface area contributed by atoms with Crippen molar-refractivity contribution in [3.63, 3.8) is 0 Å². The Morgan fingerprint density at radius 1 is 1.33 bits per heavy atom. The Bertz CT molecular complexity index is 654. The van der Waals surface area contributed by atoms with E-state index in [-0.39, 0.29) is 18.1 Å². The van der Waals surface area contributed by atoms with Gasteiger partial charge in [-0.2, -0.15) is 0 Å². The second-order valence-corrected chi connectivity index (χ2v) is 4.92. The molecule has 1 N–H and O–H groups in total. The van der Waals surface area contributed by atoms with Crippen molar-refractivity contribution in [3.8, 4) is 0 Å². The number of halogens is 1. The minimum Gasteiger partial charge on any atom is -0.476 e. The molecule has 0 aliphatic heterocycles. The highest BCUT2D eigenvalue weighted by Gasteiger charge is 2.13. The monoisotopic (exact) mass is 308 g/mol. The number of carboxylic acid groups (broad SMARTS) is 1. The first kappa shape index (κ1) is 15.0. The summed E-state index contributed by atoms with van der Waals surface area (Å²) in [5.41, 5.74) is 0.753. The summed E-state index contributed by atoms with van der Waals surface area (Å²) in [5, 5.41) is 16.4. The molecule has 0 saturated carbocycles. The minimum absolute atomic E-state index is 0.0651. The fourth-order valence-electron chi connectivity index (χ4n) is 1.68. The van der Waals surface area contributed by atoms with E-state index in [1.165, 1.54) is 15.8 Å². The minimum atomic E-state index is -1.18. The van der Waals surface area contributed by atoms with Crippen LogP contribution in [-0.4, -0.2) is 43.9 Å². The van der Waals surface area contributed by atoms with Crippen LogP contribution >= 0.6 is 11.6 Å². The first-order valence-electron chi connectivity index (χ1n) is 6.07. The largest absolute Gasteiger partial charge is 0.476 e. The topological polar surface area (TPSA) is 88.3 Å². The average Bonchev–Trinajstić information content (AvgIpc) is 2.90. The zero-order chi connectivity index (χ0) is 15.4. The smallest absolute Gasteiger partial charge is 0.358 e. The van der Waals surface area contributed by atoms with E-state index in [0.717, 1.165) is 5.56 Å². The Labute approximate surface area is 125 Å². The molecule has 0 saturated heterocycles. The second-order valence-electron chi connectivity index (χ2n) is 4.48. The molecule has 1 aromatic carbocycles. The number of hydrogen-bond donors (Lipinski definition) is 1. The van der Waals surface area contributed by atoms with Crippen LogP contribution in [-0.2, 0) is 17.9 Å². The van der Waals surface area contributed by atoms with Crippen molar-refractivity contribution in [3.05, 3.63) is 46.7 Å². The SMILES string of the molecule is CN(Cc1ccc(Cl)cc1)C(=O)Cn1cc(C(=O)O)nn1. The fraction of sp³-hybridized carbons (Fsp3) is 0.231. The zero-order valence-electron chi connectivity index (χ0n) is 11.2. The molecule has 1 heterocycles. The lowest BCUT2D eigenvalue weighted by Crippen LogP contribution is -2.30. The van der Waals surface area contributed by atoms with E-state index in [2.05, 4.69) is 10.3 Å². The van der Waals surface area contributed by atoms with Crippen LogP contribution in [0.1, 0.15) is 16.1 Å². The Morgan fingerprint density at radius 3 is 2.57 bits per heavy atom. The van der Waals surface area contributed by atoms with E-state index in [1.807, 2.05) is 12.1 Å². The van der Waals surface area contributed by atoms with Crippen molar-refractivity contribution in [1.82, 2.24) is 19.9 Å². The first-order valence-corrected chi connectivity index (χ1v) is 6.45. The maximum atomic E-state index is 12.0. The number of benzene rings is 1. The molecule has 2 aromatic rings. The van der Waals surface area contributed by atoms with Gasteiger partial charge in [-0.25, -0.2) is 9.48 Å². The number of amides is 1. The Hall–Kier alpha value is -2.41. The lowest BCUT2D eigenvalue weighted by atomic mass is 10.2. The summed E-state index contributed by atoms with van der Waals surface area (Å²) in [4.78, 5) is 24.2. The number of likely N-dealkylation sites (N-methyl/N-ethyl adjacent to an activating group) is 1. The van der Waals surface area contributed by atoms with Gasteiger partial charge in [0, 0.05) is 18.6 Å². The van der Waals surface area contributed by atoms with Gasteiger partial charge >= 0.3 is 5.97 Å². The summed E-state index contributed by atoms with van der Waals surface area (Å²) in [5.74, 6) is -1.38. The van der Waals surface area contributed by atoms with E-state index >= 15 is 0 Å². The van der Waals surface area contributed by atoms with E-state index < -0.39 is 5.97 Å². The summed E-state index contributed by atoms with van der Waals surface area (Å²) in [6.07, 6.45) is 1.22. The normalized spacial score (nSPS) is 10.4. The predicted octanol–water partition coefficient (Wildman–Crippen LogP) is 1.29. The zero-order valence-corrected chi connectivity index (χ0v) is 12.0. The number of hydrogen-bond acceptors (Lipinski definition) is 4. The number of aromatic carboxylic acids is 1. The van der Waals surface area contributed by atoms with Crippen LogP contribution in [0.25, 0.3) is 0 Å². The van der Waals surface area contributed by atoms with Gasteiger partial charge in [-0.1, -0.05) is 28.9 Å². The summed E-state index contributed by atoms with van der Waals surface area (Å²) in [7, 11) is 1.66. The molecule has 0 aliphatic carbocycles. The summed E-state index contributed by atoms with van der Waals surface area (Å²) in [6, 6.07) is 7.19. The molecular formula is C13H13ClN4O3. The van der Waals surface area contributed by atoms with Crippen molar-refractivity contribution in [2.45, 2.75) is 13.1 Å². The lowest BCUT2D eigenvalue weighted by molar-refractivity contribution is -0.131. The third kappa shape index (κ3) is 4.03. The molecule has 0 atom stereocenters. The molecule has 0 spiro atoms. The molecular weight excluding hydrogens is 296 g/mol. The van der Waals surface area contributed by atoms with Crippen molar-refractivity contribution in [2.24, 2.45) is 0 Å². The molecule has 21 heavy (non-hydrogen) atoms. The van der Waals surface area contributed by atoms with Gasteiger partial charge in [-0.15, -0.1) is 5.10 Å². The van der Waals surface area contributed by atoms with Gasteiger partial charge in [0.25, 0.3) is 0 Å². The molecule has 0 aliphatic rings. The van der Waals surface area contributed by atoms with Crippen LogP contribution in [0.3, 0.4) is 0 Å². The highest BCUT2D eigenvalue weighted by atomic mass is 35.5. The molecule has 7 nitrogen and oxygen atoms in total. The molecule has 0 unspecified atom stereocenters. The van der Waals surface area contributed by atoms with Crippen molar-refractivity contribution in [2.75, 3.05) is 7.05 Å². The quantitative estimate of drug-likeness (QED) is 0.899. The van der Waals surface area contributed by atoms with Gasteiger partial charge in [-0.05, 0) is 17.7 Å². The van der Waals surface area contributed by atoms with Gasteiger partial charge in [0.2, 0.25) is 5.91 Å². The van der Waals surface area contributed by atoms with E-state index in [1.54, 1.807) is 19.2 Å². The van der Waals surface area contributed by atoms with Crippen LogP contribution in [0.5, 0.6) is 0 Å². The van der Waals surface area contributed by atoms with E-state index in [4.69, 9.17) is 16.7 Å². The maximum absolute atomic E-state index is 12.0. The van der Waals surface area contributed by atoms with Crippen LogP contribution in [0.2, 0.25) is 5.02 Å². The van der Waals surface area contributed by atoms with Crippen molar-refractivity contribution in [1.29, 1.82) is 0 Å². The van der Waals surface area contributed by atoms with E-state index in [9.17, 15) is 9.59 Å². The Kier molecular flexibility index (Phi) is 4.54. The van der Waals surface area contributed by atoms with Crippen molar-refractivity contribution < 1.29 is 14.7 Å². The van der Waals surface area contributed by atoms with E-state index in [0.29, 0.717) is 11.6 Å². The maximum Gasteiger partial charge on any atom is 0.358 e. The van der Waals surface area contributed by atoms with Crippen LogP contribution in [0.4, 0.5) is 0 Å². The number of nitrogens with zero attached hydrogens (tertiary/aromatic N) is 4. The number of carboxylic acids is 1. The molecule has 1 amide bonds. The first-order chi connectivity index (χ1) is 9.95. The number of aromatic nitrogens is 3. The Balaban J connectivity index is 1.95. The van der Waals surface area contributed by atoms with Crippen LogP contribution in [0.15, 0.2) is 30.5 Å². The molecule has 110 valence electrons. The third-order valence-electron chi connectivity index (χ3n) is 2.81.